The van der Waals surface area contributed by atoms with Gasteiger partial charge in [0.15, 0.2) is 5.17 Å². The van der Waals surface area contributed by atoms with Crippen molar-refractivity contribution in [2.75, 3.05) is 22.9 Å². The highest BCUT2D eigenvalue weighted by Gasteiger charge is 2.37. The molecule has 6 nitrogen and oxygen atoms in total. The van der Waals surface area contributed by atoms with Gasteiger partial charge in [-0.2, -0.15) is 0 Å². The van der Waals surface area contributed by atoms with E-state index in [1.165, 1.54) is 0 Å². The lowest BCUT2D eigenvalue weighted by atomic mass is 9.93. The lowest BCUT2D eigenvalue weighted by Gasteiger charge is -2.41. The number of aliphatic imine (C=N–C) groups is 1. The number of allylic oxidation sites excluding steroid dienone is 1. The van der Waals surface area contributed by atoms with E-state index in [-0.39, 0.29) is 17.9 Å². The summed E-state index contributed by atoms with van der Waals surface area (Å²) in [5.41, 5.74) is 7.77. The van der Waals surface area contributed by atoms with Crippen LogP contribution >= 0.6 is 11.8 Å². The number of amidine groups is 1. The third-order valence-corrected chi connectivity index (χ3v) is 8.01. The summed E-state index contributed by atoms with van der Waals surface area (Å²) in [6.45, 7) is 8.79. The van der Waals surface area contributed by atoms with Crippen molar-refractivity contribution in [3.8, 4) is 0 Å². The van der Waals surface area contributed by atoms with E-state index >= 15 is 0 Å². The van der Waals surface area contributed by atoms with Gasteiger partial charge in [-0.3, -0.25) is 9.59 Å². The smallest absolute Gasteiger partial charge is 0.255 e. The molecule has 1 fully saturated rings. The maximum Gasteiger partial charge on any atom is 0.255 e. The summed E-state index contributed by atoms with van der Waals surface area (Å²) in [7, 11) is 0. The zero-order chi connectivity index (χ0) is 26.8. The van der Waals surface area contributed by atoms with Gasteiger partial charge in [0.25, 0.3) is 11.8 Å². The monoisotopic (exact) mass is 524 g/mol. The second-order valence-corrected chi connectivity index (χ2v) is 11.0. The van der Waals surface area contributed by atoms with E-state index in [0.29, 0.717) is 16.8 Å². The Labute approximate surface area is 228 Å². The second-order valence-electron chi connectivity index (χ2n) is 9.91. The van der Waals surface area contributed by atoms with Crippen LogP contribution in [0.4, 0.5) is 11.4 Å². The Morgan fingerprint density at radius 3 is 2.29 bits per heavy atom. The fraction of sp³-hybridized carbons (Fsp3) is 0.258. The van der Waals surface area contributed by atoms with Crippen LogP contribution in [0.1, 0.15) is 52.0 Å². The van der Waals surface area contributed by atoms with E-state index in [9.17, 15) is 9.59 Å². The highest BCUT2D eigenvalue weighted by Crippen LogP contribution is 2.40. The number of hydrogen-bond donors (Lipinski definition) is 2. The van der Waals surface area contributed by atoms with Gasteiger partial charge >= 0.3 is 0 Å². The molecule has 194 valence electrons. The molecule has 3 aromatic rings. The van der Waals surface area contributed by atoms with E-state index in [1.807, 2.05) is 88.4 Å². The zero-order valence-corrected chi connectivity index (χ0v) is 23.0. The molecule has 1 saturated heterocycles. The zero-order valence-electron chi connectivity index (χ0n) is 22.2. The molecule has 2 N–H and O–H groups in total. The first-order valence-electron chi connectivity index (χ1n) is 12.9. The summed E-state index contributed by atoms with van der Waals surface area (Å²) in [5, 5.41) is 7.07. The van der Waals surface area contributed by atoms with E-state index in [4.69, 9.17) is 4.99 Å². The highest BCUT2D eigenvalue weighted by atomic mass is 32.2. The van der Waals surface area contributed by atoms with E-state index in [2.05, 4.69) is 21.6 Å². The molecular weight excluding hydrogens is 492 g/mol. The van der Waals surface area contributed by atoms with Crippen molar-refractivity contribution < 1.29 is 9.59 Å². The van der Waals surface area contributed by atoms with Gasteiger partial charge in [0, 0.05) is 29.2 Å². The minimum absolute atomic E-state index is 0.144. The molecule has 5 rings (SSSR count). The quantitative estimate of drug-likeness (QED) is 0.393. The topological polar surface area (TPSA) is 73.8 Å². The number of amides is 2. The number of aryl methyl sites for hydroxylation is 3. The molecule has 38 heavy (non-hydrogen) atoms. The molecule has 0 bridgehead atoms. The summed E-state index contributed by atoms with van der Waals surface area (Å²) >= 11 is 1.73. The fourth-order valence-electron chi connectivity index (χ4n) is 4.91. The molecular formula is C31H32N4O2S. The van der Waals surface area contributed by atoms with Crippen LogP contribution in [0.3, 0.4) is 0 Å². The number of carbonyl (C=O) groups excluding carboxylic acids is 2. The Kier molecular flexibility index (Phi) is 7.38. The van der Waals surface area contributed by atoms with Gasteiger partial charge in [-0.05, 0) is 75.6 Å². The van der Waals surface area contributed by atoms with Crippen LogP contribution in [0, 0.1) is 20.8 Å². The average molecular weight is 525 g/mol. The number of hydrogen-bond acceptors (Lipinski definition) is 5. The molecule has 0 aromatic heterocycles. The van der Waals surface area contributed by atoms with Gasteiger partial charge in [0.2, 0.25) is 0 Å². The Balaban J connectivity index is 1.43. The van der Waals surface area contributed by atoms with Crippen LogP contribution in [-0.4, -0.2) is 34.2 Å². The molecule has 0 spiro atoms. The molecule has 7 heteroatoms. The van der Waals surface area contributed by atoms with E-state index in [1.54, 1.807) is 11.8 Å². The molecule has 2 aliphatic rings. The third kappa shape index (κ3) is 5.38. The number of anilines is 2. The Bertz CT molecular complexity index is 1440. The van der Waals surface area contributed by atoms with Crippen molar-refractivity contribution in [2.24, 2.45) is 4.99 Å². The largest absolute Gasteiger partial charge is 0.340 e. The molecule has 0 saturated carbocycles. The lowest BCUT2D eigenvalue weighted by Crippen LogP contribution is -2.43. The molecule has 0 radical (unpaired) electrons. The summed E-state index contributed by atoms with van der Waals surface area (Å²) in [6, 6.07) is 21.1. The van der Waals surface area contributed by atoms with Crippen molar-refractivity contribution in [3.63, 3.8) is 0 Å². The standard InChI is InChI=1S/C31H32N4O2S/c1-19-6-9-24(10-7-19)29(36)33-25-13-11-23(12-14-25)28-27(22(4)32-31-35(28)16-5-17-38-31)30(37)34-26-15-8-20(2)18-21(26)3/h6-15,18,28H,5,16-17H2,1-4H3,(H,33,36)(H,34,37)/t28-/m1/s1. The van der Waals surface area contributed by atoms with E-state index in [0.717, 1.165) is 57.5 Å². The molecule has 2 amide bonds. The summed E-state index contributed by atoms with van der Waals surface area (Å²) in [4.78, 5) is 33.5. The van der Waals surface area contributed by atoms with Crippen LogP contribution in [0.2, 0.25) is 0 Å². The number of rotatable bonds is 5. The first kappa shape index (κ1) is 25.8. The number of benzene rings is 3. The number of thioether (sulfide) groups is 1. The Morgan fingerprint density at radius 1 is 0.868 bits per heavy atom. The minimum atomic E-state index is -0.261. The Hall–Kier alpha value is -3.84. The van der Waals surface area contributed by atoms with Gasteiger partial charge in [0.1, 0.15) is 0 Å². The first-order valence-corrected chi connectivity index (χ1v) is 13.8. The maximum absolute atomic E-state index is 13.7. The molecule has 0 unspecified atom stereocenters. The predicted molar refractivity (Wildman–Crippen MR) is 157 cm³/mol. The van der Waals surface area contributed by atoms with Gasteiger partial charge in [-0.1, -0.05) is 59.3 Å². The normalized spacial score (nSPS) is 17.0. The molecule has 1 atom stereocenters. The third-order valence-electron chi connectivity index (χ3n) is 6.93. The van der Waals surface area contributed by atoms with Crippen LogP contribution in [0.15, 0.2) is 83.0 Å². The van der Waals surface area contributed by atoms with Crippen molar-refractivity contribution >= 4 is 40.1 Å². The van der Waals surface area contributed by atoms with Gasteiger partial charge in [0.05, 0.1) is 17.3 Å². The van der Waals surface area contributed by atoms with Crippen LogP contribution in [-0.2, 0) is 4.79 Å². The average Bonchev–Trinajstić information content (AvgIpc) is 2.90. The highest BCUT2D eigenvalue weighted by molar-refractivity contribution is 8.13. The number of fused-ring (bicyclic) bond motifs is 1. The fourth-order valence-corrected chi connectivity index (χ4v) is 5.93. The van der Waals surface area contributed by atoms with Crippen molar-refractivity contribution in [1.82, 2.24) is 4.90 Å². The first-order chi connectivity index (χ1) is 18.3. The van der Waals surface area contributed by atoms with Gasteiger partial charge in [-0.15, -0.1) is 0 Å². The summed E-state index contributed by atoms with van der Waals surface area (Å²) < 4.78 is 0. The van der Waals surface area contributed by atoms with Crippen LogP contribution < -0.4 is 10.6 Å². The predicted octanol–water partition coefficient (Wildman–Crippen LogP) is 6.63. The number of nitrogens with one attached hydrogen (secondary N) is 2. The SMILES string of the molecule is CC1=C(C(=O)Nc2ccc(C)cc2C)[C@@H](c2ccc(NC(=O)c3ccc(C)cc3)cc2)N2CCCSC2=N1. The van der Waals surface area contributed by atoms with Crippen molar-refractivity contribution in [2.45, 2.75) is 40.2 Å². The minimum Gasteiger partial charge on any atom is -0.340 e. The number of carbonyl (C=O) groups is 2. The van der Waals surface area contributed by atoms with Gasteiger partial charge in [-0.25, -0.2) is 4.99 Å². The number of nitrogens with zero attached hydrogens (tertiary/aromatic N) is 2. The Morgan fingerprint density at radius 2 is 1.58 bits per heavy atom. The van der Waals surface area contributed by atoms with Crippen LogP contribution in [0.25, 0.3) is 0 Å². The van der Waals surface area contributed by atoms with E-state index < -0.39 is 0 Å². The second kappa shape index (κ2) is 10.9. The van der Waals surface area contributed by atoms with Gasteiger partial charge < -0.3 is 15.5 Å². The van der Waals surface area contributed by atoms with Crippen molar-refractivity contribution in [1.29, 1.82) is 0 Å². The molecule has 3 aromatic carbocycles. The maximum atomic E-state index is 13.7. The molecule has 0 aliphatic carbocycles. The summed E-state index contributed by atoms with van der Waals surface area (Å²) in [6.07, 6.45) is 1.02. The van der Waals surface area contributed by atoms with Crippen molar-refractivity contribution in [3.05, 3.63) is 106 Å². The molecule has 2 heterocycles. The molecule has 2 aliphatic heterocycles. The van der Waals surface area contributed by atoms with Crippen LogP contribution in [0.5, 0.6) is 0 Å². The lowest BCUT2D eigenvalue weighted by molar-refractivity contribution is -0.113. The summed E-state index contributed by atoms with van der Waals surface area (Å²) in [5.74, 6) is 0.722.